The van der Waals surface area contributed by atoms with E-state index in [-0.39, 0.29) is 0 Å². The van der Waals surface area contributed by atoms with Gasteiger partial charge in [-0.3, -0.25) is 0 Å². The summed E-state index contributed by atoms with van der Waals surface area (Å²) in [5.74, 6) is 0. The average Bonchev–Trinajstić information content (AvgIpc) is 2.83. The van der Waals surface area contributed by atoms with Gasteiger partial charge in [0, 0.05) is 37.5 Å². The lowest BCUT2D eigenvalue weighted by Gasteiger charge is -2.38. The highest BCUT2D eigenvalue weighted by molar-refractivity contribution is 5.14. The highest BCUT2D eigenvalue weighted by Crippen LogP contribution is 2.47. The van der Waals surface area contributed by atoms with Gasteiger partial charge in [-0.15, -0.1) is 0 Å². The first-order valence-electron chi connectivity index (χ1n) is 10.7. The molecule has 25 heavy (non-hydrogen) atoms. The third kappa shape index (κ3) is 3.95. The standard InChI is InChI=1S/C23H36N2/c1-22(2)15-21-16-23(3,17-22)18-25(21)20-10-13-24(14-11-20)12-9-19-7-5-4-6-8-19/h4-8,20-21H,9-18H2,1-3H3/p+2/t21-,23-/m0/s1. The maximum atomic E-state index is 2.58. The number of rotatable bonds is 4. The van der Waals surface area contributed by atoms with Crippen molar-refractivity contribution in [2.24, 2.45) is 10.8 Å². The van der Waals surface area contributed by atoms with E-state index in [9.17, 15) is 0 Å². The van der Waals surface area contributed by atoms with Crippen LogP contribution in [0.1, 0.15) is 58.4 Å². The Balaban J connectivity index is 1.29. The van der Waals surface area contributed by atoms with Crippen molar-refractivity contribution in [2.75, 3.05) is 26.2 Å². The van der Waals surface area contributed by atoms with Crippen LogP contribution >= 0.6 is 0 Å². The Bertz CT molecular complexity index is 573. The molecule has 2 N–H and O–H groups in total. The highest BCUT2D eigenvalue weighted by atomic mass is 15.3. The number of likely N-dealkylation sites (tertiary alicyclic amines) is 2. The molecule has 1 unspecified atom stereocenters. The highest BCUT2D eigenvalue weighted by Gasteiger charge is 2.54. The molecule has 3 fully saturated rings. The van der Waals surface area contributed by atoms with Crippen molar-refractivity contribution < 1.29 is 9.80 Å². The van der Waals surface area contributed by atoms with E-state index in [1.165, 1.54) is 70.3 Å². The van der Waals surface area contributed by atoms with Crippen LogP contribution in [0.2, 0.25) is 0 Å². The Morgan fingerprint density at radius 1 is 0.960 bits per heavy atom. The minimum Gasteiger partial charge on any atom is -0.334 e. The SMILES string of the molecule is CC1(C)C[C@H]2C[C@](C)(C[NH+]2C2CC[NH+](CCc3ccccc3)CC2)C1. The number of fused-ring (bicyclic) bond motifs is 2. The minimum atomic E-state index is 0.570. The predicted octanol–water partition coefficient (Wildman–Crippen LogP) is 1.76. The molecule has 1 saturated carbocycles. The summed E-state index contributed by atoms with van der Waals surface area (Å²) in [5.41, 5.74) is 2.70. The Kier molecular flexibility index (Phi) is 4.70. The van der Waals surface area contributed by atoms with Gasteiger partial charge in [-0.1, -0.05) is 51.1 Å². The van der Waals surface area contributed by atoms with Crippen molar-refractivity contribution in [3.05, 3.63) is 35.9 Å². The molecule has 3 aliphatic rings. The Morgan fingerprint density at radius 2 is 1.68 bits per heavy atom. The van der Waals surface area contributed by atoms with Gasteiger partial charge in [-0.05, 0) is 17.4 Å². The zero-order valence-electron chi connectivity index (χ0n) is 16.6. The molecular formula is C23H38N2+2. The molecule has 138 valence electrons. The van der Waals surface area contributed by atoms with Crippen molar-refractivity contribution in [2.45, 2.75) is 71.4 Å². The third-order valence-corrected chi connectivity index (χ3v) is 7.43. The minimum absolute atomic E-state index is 0.570. The molecule has 1 aliphatic carbocycles. The van der Waals surface area contributed by atoms with Gasteiger partial charge in [0.15, 0.2) is 0 Å². The number of benzene rings is 1. The van der Waals surface area contributed by atoms with Crippen LogP contribution in [0.25, 0.3) is 0 Å². The molecule has 0 spiro atoms. The Hall–Kier alpha value is -0.860. The quantitative estimate of drug-likeness (QED) is 0.825. The fraction of sp³-hybridized carbons (Fsp3) is 0.739. The monoisotopic (exact) mass is 342 g/mol. The third-order valence-electron chi connectivity index (χ3n) is 7.43. The number of hydrogen-bond donors (Lipinski definition) is 2. The van der Waals surface area contributed by atoms with E-state index >= 15 is 0 Å². The van der Waals surface area contributed by atoms with E-state index in [1.807, 2.05) is 9.80 Å². The molecule has 4 rings (SSSR count). The molecule has 2 bridgehead atoms. The van der Waals surface area contributed by atoms with Crippen molar-refractivity contribution in [3.8, 4) is 0 Å². The van der Waals surface area contributed by atoms with Crippen molar-refractivity contribution in [3.63, 3.8) is 0 Å². The summed E-state index contributed by atoms with van der Waals surface area (Å²) in [5, 5.41) is 0. The molecule has 2 nitrogen and oxygen atoms in total. The molecule has 0 amide bonds. The molecular weight excluding hydrogens is 304 g/mol. The maximum absolute atomic E-state index is 2.58. The van der Waals surface area contributed by atoms with Crippen LogP contribution in [0, 0.1) is 10.8 Å². The second-order valence-electron chi connectivity index (χ2n) is 10.5. The fourth-order valence-electron chi connectivity index (χ4n) is 6.76. The van der Waals surface area contributed by atoms with Gasteiger partial charge in [-0.25, -0.2) is 0 Å². The molecule has 3 atom stereocenters. The summed E-state index contributed by atoms with van der Waals surface area (Å²) in [6, 6.07) is 12.9. The van der Waals surface area contributed by atoms with Crippen LogP contribution < -0.4 is 9.80 Å². The first-order valence-corrected chi connectivity index (χ1v) is 10.7. The van der Waals surface area contributed by atoms with E-state index in [2.05, 4.69) is 51.1 Å². The Labute approximate surface area is 154 Å². The number of quaternary nitrogens is 2. The van der Waals surface area contributed by atoms with Gasteiger partial charge in [0.2, 0.25) is 0 Å². The van der Waals surface area contributed by atoms with E-state index in [4.69, 9.17) is 0 Å². The first kappa shape index (κ1) is 17.5. The van der Waals surface area contributed by atoms with Crippen molar-refractivity contribution >= 4 is 0 Å². The average molecular weight is 343 g/mol. The topological polar surface area (TPSA) is 8.88 Å². The molecule has 1 aromatic rings. The maximum Gasteiger partial charge on any atom is 0.0985 e. The zero-order chi connectivity index (χ0) is 17.5. The smallest absolute Gasteiger partial charge is 0.0985 e. The van der Waals surface area contributed by atoms with Crippen LogP contribution in [-0.4, -0.2) is 38.3 Å². The lowest BCUT2D eigenvalue weighted by molar-refractivity contribution is -0.966. The summed E-state index contributed by atoms with van der Waals surface area (Å²) in [4.78, 5) is 3.84. The normalized spacial score (nSPS) is 40.1. The lowest BCUT2D eigenvalue weighted by atomic mass is 9.65. The summed E-state index contributed by atoms with van der Waals surface area (Å²) in [7, 11) is 0. The van der Waals surface area contributed by atoms with E-state index < -0.39 is 0 Å². The molecule has 1 aromatic carbocycles. The molecule has 2 heteroatoms. The van der Waals surface area contributed by atoms with Gasteiger partial charge >= 0.3 is 0 Å². The number of piperidine rings is 1. The summed E-state index contributed by atoms with van der Waals surface area (Å²) >= 11 is 0. The van der Waals surface area contributed by atoms with Crippen LogP contribution in [0.5, 0.6) is 0 Å². The zero-order valence-corrected chi connectivity index (χ0v) is 16.6. The second-order valence-corrected chi connectivity index (χ2v) is 10.5. The van der Waals surface area contributed by atoms with Gasteiger partial charge in [0.05, 0.1) is 38.3 Å². The lowest BCUT2D eigenvalue weighted by Crippen LogP contribution is -3.21. The molecule has 0 radical (unpaired) electrons. The van der Waals surface area contributed by atoms with Gasteiger partial charge < -0.3 is 9.80 Å². The summed E-state index contributed by atoms with van der Waals surface area (Å²) < 4.78 is 0. The van der Waals surface area contributed by atoms with Crippen LogP contribution in [0.4, 0.5) is 0 Å². The molecule has 0 aromatic heterocycles. The molecule has 2 aliphatic heterocycles. The van der Waals surface area contributed by atoms with Crippen LogP contribution in [0.3, 0.4) is 0 Å². The van der Waals surface area contributed by atoms with Gasteiger partial charge in [-0.2, -0.15) is 0 Å². The molecule has 2 saturated heterocycles. The number of nitrogens with one attached hydrogen (secondary N) is 2. The first-order chi connectivity index (χ1) is 11.9. The summed E-state index contributed by atoms with van der Waals surface area (Å²) in [6.45, 7) is 13.2. The van der Waals surface area contributed by atoms with Gasteiger partial charge in [0.1, 0.15) is 0 Å². The Morgan fingerprint density at radius 3 is 2.40 bits per heavy atom. The van der Waals surface area contributed by atoms with E-state index in [1.54, 1.807) is 0 Å². The van der Waals surface area contributed by atoms with Crippen molar-refractivity contribution in [1.29, 1.82) is 0 Å². The number of hydrogen-bond acceptors (Lipinski definition) is 0. The largest absolute Gasteiger partial charge is 0.334 e. The molecule has 2 heterocycles. The van der Waals surface area contributed by atoms with Crippen molar-refractivity contribution in [1.82, 2.24) is 0 Å². The van der Waals surface area contributed by atoms with Gasteiger partial charge in [0.25, 0.3) is 0 Å². The predicted molar refractivity (Wildman–Crippen MR) is 104 cm³/mol. The second kappa shape index (κ2) is 6.70. The van der Waals surface area contributed by atoms with Crippen LogP contribution in [0.15, 0.2) is 30.3 Å². The van der Waals surface area contributed by atoms with E-state index in [0.29, 0.717) is 10.8 Å². The summed E-state index contributed by atoms with van der Waals surface area (Å²) in [6.07, 6.45) is 8.54. The van der Waals surface area contributed by atoms with E-state index in [0.717, 1.165) is 12.1 Å². The van der Waals surface area contributed by atoms with Crippen LogP contribution in [-0.2, 0) is 6.42 Å². The fourth-order valence-corrected chi connectivity index (χ4v) is 6.76.